The summed E-state index contributed by atoms with van der Waals surface area (Å²) in [4.78, 5) is 11.6. The summed E-state index contributed by atoms with van der Waals surface area (Å²) >= 11 is 3.35. The number of rotatable bonds is 5. The second-order valence-electron chi connectivity index (χ2n) is 3.63. The van der Waals surface area contributed by atoms with Gasteiger partial charge in [0, 0.05) is 11.0 Å². The standard InChI is InChI=1S/C12H16BrNO2/c1-2-10(8-15)12(16)14-7-9-3-5-11(13)6-4-9/h3-6,10,15H,2,7-8H2,1H3,(H,14,16). The highest BCUT2D eigenvalue weighted by molar-refractivity contribution is 9.10. The predicted molar refractivity (Wildman–Crippen MR) is 66.9 cm³/mol. The second-order valence-corrected chi connectivity index (χ2v) is 4.55. The molecule has 1 amide bonds. The van der Waals surface area contributed by atoms with Gasteiger partial charge in [-0.2, -0.15) is 0 Å². The molecule has 88 valence electrons. The first-order valence-corrected chi connectivity index (χ1v) is 6.09. The average molecular weight is 286 g/mol. The van der Waals surface area contributed by atoms with Gasteiger partial charge in [-0.25, -0.2) is 0 Å². The highest BCUT2D eigenvalue weighted by atomic mass is 79.9. The molecule has 0 aliphatic carbocycles. The molecule has 0 spiro atoms. The lowest BCUT2D eigenvalue weighted by Crippen LogP contribution is -2.31. The highest BCUT2D eigenvalue weighted by Gasteiger charge is 2.14. The molecular formula is C12H16BrNO2. The Hall–Kier alpha value is -0.870. The van der Waals surface area contributed by atoms with Crippen LogP contribution in [0.1, 0.15) is 18.9 Å². The third-order valence-electron chi connectivity index (χ3n) is 2.46. The fourth-order valence-electron chi connectivity index (χ4n) is 1.33. The Morgan fingerprint density at radius 1 is 1.44 bits per heavy atom. The summed E-state index contributed by atoms with van der Waals surface area (Å²) in [6, 6.07) is 7.77. The van der Waals surface area contributed by atoms with Crippen molar-refractivity contribution in [2.75, 3.05) is 6.61 Å². The van der Waals surface area contributed by atoms with E-state index in [1.807, 2.05) is 31.2 Å². The van der Waals surface area contributed by atoms with E-state index in [2.05, 4.69) is 21.2 Å². The molecule has 0 bridgehead atoms. The lowest BCUT2D eigenvalue weighted by Gasteiger charge is -2.12. The molecular weight excluding hydrogens is 270 g/mol. The van der Waals surface area contributed by atoms with Crippen molar-refractivity contribution in [2.24, 2.45) is 5.92 Å². The quantitative estimate of drug-likeness (QED) is 0.870. The van der Waals surface area contributed by atoms with Gasteiger partial charge in [0.15, 0.2) is 0 Å². The molecule has 0 saturated carbocycles. The maximum atomic E-state index is 11.6. The number of hydrogen-bond donors (Lipinski definition) is 2. The molecule has 1 unspecified atom stereocenters. The van der Waals surface area contributed by atoms with Gasteiger partial charge in [0.05, 0.1) is 12.5 Å². The van der Waals surface area contributed by atoms with E-state index in [1.165, 1.54) is 0 Å². The predicted octanol–water partition coefficient (Wildman–Crippen LogP) is 2.08. The third-order valence-corrected chi connectivity index (χ3v) is 2.99. The van der Waals surface area contributed by atoms with E-state index in [9.17, 15) is 4.79 Å². The summed E-state index contributed by atoms with van der Waals surface area (Å²) < 4.78 is 1.02. The van der Waals surface area contributed by atoms with Gasteiger partial charge < -0.3 is 10.4 Å². The van der Waals surface area contributed by atoms with Crippen molar-refractivity contribution in [3.63, 3.8) is 0 Å². The normalized spacial score (nSPS) is 12.2. The maximum Gasteiger partial charge on any atom is 0.225 e. The molecule has 0 aliphatic heterocycles. The molecule has 1 rings (SSSR count). The molecule has 3 nitrogen and oxygen atoms in total. The molecule has 0 radical (unpaired) electrons. The van der Waals surface area contributed by atoms with Crippen LogP contribution >= 0.6 is 15.9 Å². The molecule has 0 saturated heterocycles. The van der Waals surface area contributed by atoms with Crippen molar-refractivity contribution in [1.29, 1.82) is 0 Å². The molecule has 0 aromatic heterocycles. The Morgan fingerprint density at radius 3 is 2.56 bits per heavy atom. The minimum absolute atomic E-state index is 0.0899. The van der Waals surface area contributed by atoms with Crippen LogP contribution in [0, 0.1) is 5.92 Å². The molecule has 16 heavy (non-hydrogen) atoms. The van der Waals surface area contributed by atoms with Crippen molar-refractivity contribution >= 4 is 21.8 Å². The SMILES string of the molecule is CCC(CO)C(=O)NCc1ccc(Br)cc1. The Morgan fingerprint density at radius 2 is 2.06 bits per heavy atom. The van der Waals surface area contributed by atoms with Crippen LogP contribution in [0.25, 0.3) is 0 Å². The number of amides is 1. The molecule has 4 heteroatoms. The molecule has 0 heterocycles. The van der Waals surface area contributed by atoms with E-state index >= 15 is 0 Å². The van der Waals surface area contributed by atoms with Crippen LogP contribution in [0.2, 0.25) is 0 Å². The zero-order chi connectivity index (χ0) is 12.0. The van der Waals surface area contributed by atoms with E-state index in [0.717, 1.165) is 10.0 Å². The van der Waals surface area contributed by atoms with E-state index in [4.69, 9.17) is 5.11 Å². The summed E-state index contributed by atoms with van der Waals surface area (Å²) in [6.07, 6.45) is 0.655. The molecule has 1 aromatic carbocycles. The number of carbonyl (C=O) groups excluding carboxylic acids is 1. The van der Waals surface area contributed by atoms with Crippen molar-refractivity contribution < 1.29 is 9.90 Å². The lowest BCUT2D eigenvalue weighted by atomic mass is 10.1. The van der Waals surface area contributed by atoms with Crippen LogP contribution in [-0.2, 0) is 11.3 Å². The van der Waals surface area contributed by atoms with Crippen LogP contribution in [0.3, 0.4) is 0 Å². The van der Waals surface area contributed by atoms with Gasteiger partial charge in [0.1, 0.15) is 0 Å². The lowest BCUT2D eigenvalue weighted by molar-refractivity contribution is -0.126. The van der Waals surface area contributed by atoms with E-state index in [0.29, 0.717) is 13.0 Å². The van der Waals surface area contributed by atoms with Gasteiger partial charge in [-0.05, 0) is 24.1 Å². The van der Waals surface area contributed by atoms with E-state index < -0.39 is 0 Å². The van der Waals surface area contributed by atoms with Crippen molar-refractivity contribution in [3.8, 4) is 0 Å². The summed E-state index contributed by atoms with van der Waals surface area (Å²) in [5.74, 6) is -0.386. The minimum atomic E-state index is -0.296. The molecule has 2 N–H and O–H groups in total. The van der Waals surface area contributed by atoms with Crippen molar-refractivity contribution in [3.05, 3.63) is 34.3 Å². The largest absolute Gasteiger partial charge is 0.396 e. The van der Waals surface area contributed by atoms with Gasteiger partial charge in [0.2, 0.25) is 5.91 Å². The fraction of sp³-hybridized carbons (Fsp3) is 0.417. The average Bonchev–Trinajstić information content (AvgIpc) is 2.30. The van der Waals surface area contributed by atoms with Gasteiger partial charge in [-0.3, -0.25) is 4.79 Å². The van der Waals surface area contributed by atoms with Crippen LogP contribution in [0.15, 0.2) is 28.7 Å². The van der Waals surface area contributed by atoms with Crippen LogP contribution in [0.4, 0.5) is 0 Å². The van der Waals surface area contributed by atoms with Crippen LogP contribution < -0.4 is 5.32 Å². The Labute approximate surface area is 104 Å². The van der Waals surface area contributed by atoms with Gasteiger partial charge in [0.25, 0.3) is 0 Å². The van der Waals surface area contributed by atoms with Crippen LogP contribution in [0.5, 0.6) is 0 Å². The zero-order valence-electron chi connectivity index (χ0n) is 9.24. The van der Waals surface area contributed by atoms with Gasteiger partial charge in [-0.1, -0.05) is 35.0 Å². The van der Waals surface area contributed by atoms with E-state index in [1.54, 1.807) is 0 Å². The summed E-state index contributed by atoms with van der Waals surface area (Å²) in [5.41, 5.74) is 1.05. The number of benzene rings is 1. The number of aliphatic hydroxyl groups is 1. The molecule has 1 aromatic rings. The van der Waals surface area contributed by atoms with Crippen LogP contribution in [-0.4, -0.2) is 17.6 Å². The summed E-state index contributed by atoms with van der Waals surface area (Å²) in [7, 11) is 0. The highest BCUT2D eigenvalue weighted by Crippen LogP contribution is 2.10. The zero-order valence-corrected chi connectivity index (χ0v) is 10.8. The van der Waals surface area contributed by atoms with Gasteiger partial charge in [-0.15, -0.1) is 0 Å². The fourth-order valence-corrected chi connectivity index (χ4v) is 1.60. The summed E-state index contributed by atoms with van der Waals surface area (Å²) in [6.45, 7) is 2.30. The molecule has 0 fully saturated rings. The number of halogens is 1. The third kappa shape index (κ3) is 3.94. The monoisotopic (exact) mass is 285 g/mol. The first-order chi connectivity index (χ1) is 7.67. The molecule has 0 aliphatic rings. The van der Waals surface area contributed by atoms with Gasteiger partial charge >= 0.3 is 0 Å². The Bertz CT molecular complexity index is 333. The number of nitrogens with one attached hydrogen (secondary N) is 1. The Balaban J connectivity index is 2.45. The second kappa shape index (κ2) is 6.66. The molecule has 1 atom stereocenters. The van der Waals surface area contributed by atoms with Crippen molar-refractivity contribution in [2.45, 2.75) is 19.9 Å². The number of carbonyl (C=O) groups is 1. The maximum absolute atomic E-state index is 11.6. The topological polar surface area (TPSA) is 49.3 Å². The first-order valence-electron chi connectivity index (χ1n) is 5.30. The smallest absolute Gasteiger partial charge is 0.225 e. The number of hydrogen-bond acceptors (Lipinski definition) is 2. The van der Waals surface area contributed by atoms with Crippen molar-refractivity contribution in [1.82, 2.24) is 5.32 Å². The number of aliphatic hydroxyl groups excluding tert-OH is 1. The summed E-state index contributed by atoms with van der Waals surface area (Å²) in [5, 5.41) is 11.8. The Kier molecular flexibility index (Phi) is 5.49. The van der Waals surface area contributed by atoms with E-state index in [-0.39, 0.29) is 18.4 Å². The first kappa shape index (κ1) is 13.2. The minimum Gasteiger partial charge on any atom is -0.396 e.